The molecule has 42 heavy (non-hydrogen) atoms. The number of nitrogens with two attached hydrogens (primary N) is 3. The van der Waals surface area contributed by atoms with E-state index in [-0.39, 0.29) is 16.7 Å². The number of guanidine groups is 1. The number of amidine groups is 1. The summed E-state index contributed by atoms with van der Waals surface area (Å²) in [5, 5.41) is 18.3. The Morgan fingerprint density at radius 2 is 1.71 bits per heavy atom. The molecular weight excluding hydrogens is 619 g/mol. The van der Waals surface area contributed by atoms with Crippen LogP contribution in [0, 0.1) is 22.4 Å². The Hall–Kier alpha value is -3.86. The number of nitro groups is 1. The third-order valence-electron chi connectivity index (χ3n) is 6.18. The van der Waals surface area contributed by atoms with E-state index in [1.165, 1.54) is 41.7 Å². The molecule has 1 aliphatic rings. The molecule has 1 heterocycles. The van der Waals surface area contributed by atoms with Crippen molar-refractivity contribution >= 4 is 66.4 Å². The van der Waals surface area contributed by atoms with Crippen LogP contribution in [0.15, 0.2) is 96.3 Å². The number of aliphatic imine (C=N–C) groups is 1. The van der Waals surface area contributed by atoms with Gasteiger partial charge in [0, 0.05) is 21.9 Å². The van der Waals surface area contributed by atoms with E-state index in [0.29, 0.717) is 16.2 Å². The van der Waals surface area contributed by atoms with Crippen LogP contribution in [0.25, 0.3) is 11.1 Å². The minimum atomic E-state index is -4.66. The number of aryl methyl sites for hydroxylation is 1. The van der Waals surface area contributed by atoms with Gasteiger partial charge in [-0.3, -0.25) is 15.5 Å². The largest absolute Gasteiger partial charge is 0.383 e. The van der Waals surface area contributed by atoms with Crippen LogP contribution in [0.4, 0.5) is 11.4 Å². The zero-order chi connectivity index (χ0) is 30.8. The molecule has 1 aliphatic heterocycles. The molecule has 4 rings (SSSR count). The normalized spacial score (nSPS) is 18.0. The van der Waals surface area contributed by atoms with Crippen LogP contribution < -0.4 is 17.2 Å². The number of thioether (sulfide) groups is 2. The van der Waals surface area contributed by atoms with Crippen LogP contribution in [-0.4, -0.2) is 45.4 Å². The van der Waals surface area contributed by atoms with Crippen molar-refractivity contribution in [2.75, 3.05) is 6.26 Å². The highest BCUT2D eigenvalue weighted by Crippen LogP contribution is 2.45. The zero-order valence-electron chi connectivity index (χ0n) is 22.3. The second-order valence-electron chi connectivity index (χ2n) is 9.07. The van der Waals surface area contributed by atoms with E-state index >= 15 is 4.21 Å². The maximum Gasteiger partial charge on any atom is 0.290 e. The molecule has 3 aromatic carbocycles. The highest BCUT2D eigenvalue weighted by atomic mass is 32.3. The highest BCUT2D eigenvalue weighted by Gasteiger charge is 2.39. The van der Waals surface area contributed by atoms with Gasteiger partial charge in [-0.05, 0) is 66.3 Å². The first-order valence-corrected chi connectivity index (χ1v) is 17.3. The van der Waals surface area contributed by atoms with Crippen LogP contribution in [0.2, 0.25) is 0 Å². The standard InChI is InChI=1S/C26H27N7O5S4/c1-15-11-17(31-26(29)30)9-10-21(15)16-5-3-7-19(12-16)41(36,23-14-22(24(27)28)40-25(23)39-2)32-42(37,38)20-8-4-6-18(13-20)33(34)35/h3-14,23,25H,1-2H3,(H3,27,28)(H4,29,30,31). The maximum absolute atomic E-state index is 15.1. The van der Waals surface area contributed by atoms with Crippen molar-refractivity contribution in [3.8, 4) is 11.1 Å². The Bertz CT molecular complexity index is 1880. The molecule has 220 valence electrons. The SMILES string of the molecule is CSC1SC(C(=N)N)=CC1S(=O)(=NS(=O)(=O)c1cccc([N+](=O)[O-])c1)c1cccc(-c2ccc(N=C(N)N)cc2C)c1. The minimum absolute atomic E-state index is 0.0915. The fourth-order valence-corrected chi connectivity index (χ4v) is 11.9. The third kappa shape index (κ3) is 6.46. The van der Waals surface area contributed by atoms with E-state index in [9.17, 15) is 18.5 Å². The minimum Gasteiger partial charge on any atom is -0.383 e. The van der Waals surface area contributed by atoms with Gasteiger partial charge in [0.05, 0.1) is 35.1 Å². The summed E-state index contributed by atoms with van der Waals surface area (Å²) in [6.07, 6.45) is 3.29. The maximum atomic E-state index is 15.1. The van der Waals surface area contributed by atoms with Crippen molar-refractivity contribution in [1.29, 1.82) is 5.41 Å². The van der Waals surface area contributed by atoms with Gasteiger partial charge in [-0.2, -0.15) is 8.42 Å². The first kappa shape index (κ1) is 31.1. The zero-order valence-corrected chi connectivity index (χ0v) is 25.6. The number of nitrogens with one attached hydrogen (secondary N) is 1. The summed E-state index contributed by atoms with van der Waals surface area (Å²) in [5.74, 6) is -0.332. The number of hydrogen-bond acceptors (Lipinski definition) is 9. The molecule has 7 N–H and O–H groups in total. The van der Waals surface area contributed by atoms with Crippen molar-refractivity contribution in [2.24, 2.45) is 26.0 Å². The summed E-state index contributed by atoms with van der Waals surface area (Å²) in [6.45, 7) is 1.85. The molecule has 0 spiro atoms. The first-order valence-electron chi connectivity index (χ1n) is 12.1. The number of hydrogen-bond donors (Lipinski definition) is 4. The molecule has 0 radical (unpaired) electrons. The predicted octanol–water partition coefficient (Wildman–Crippen LogP) is 4.32. The summed E-state index contributed by atoms with van der Waals surface area (Å²) >= 11 is 2.53. The van der Waals surface area contributed by atoms with Gasteiger partial charge in [0.25, 0.3) is 15.7 Å². The van der Waals surface area contributed by atoms with Crippen LogP contribution in [0.3, 0.4) is 0 Å². The molecule has 0 aliphatic carbocycles. The van der Waals surface area contributed by atoms with Gasteiger partial charge in [0.15, 0.2) is 5.96 Å². The van der Waals surface area contributed by atoms with Gasteiger partial charge in [0.2, 0.25) is 0 Å². The molecule has 0 saturated heterocycles. The van der Waals surface area contributed by atoms with E-state index in [0.717, 1.165) is 29.3 Å². The number of non-ortho nitro benzene ring substituents is 1. The molecule has 16 heteroatoms. The molecule has 3 aromatic rings. The number of nitrogens with zero attached hydrogens (tertiary/aromatic N) is 3. The Kier molecular flexibility index (Phi) is 9.01. The quantitative estimate of drug-likeness (QED) is 0.112. The lowest BCUT2D eigenvalue weighted by Gasteiger charge is -2.22. The van der Waals surface area contributed by atoms with Crippen molar-refractivity contribution in [1.82, 2.24) is 0 Å². The fraction of sp³-hybridized carbons (Fsp3) is 0.154. The van der Waals surface area contributed by atoms with Gasteiger partial charge in [-0.1, -0.05) is 24.3 Å². The van der Waals surface area contributed by atoms with Gasteiger partial charge in [0.1, 0.15) is 5.84 Å². The lowest BCUT2D eigenvalue weighted by Crippen LogP contribution is -2.26. The van der Waals surface area contributed by atoms with Gasteiger partial charge in [-0.25, -0.2) is 9.20 Å². The van der Waals surface area contributed by atoms with Crippen molar-refractivity contribution in [3.05, 3.63) is 93.4 Å². The van der Waals surface area contributed by atoms with E-state index in [4.69, 9.17) is 22.6 Å². The predicted molar refractivity (Wildman–Crippen MR) is 170 cm³/mol. The Balaban J connectivity index is 1.96. The summed E-state index contributed by atoms with van der Waals surface area (Å²) in [6, 6.07) is 16.3. The summed E-state index contributed by atoms with van der Waals surface area (Å²) in [7, 11) is -8.50. The van der Waals surface area contributed by atoms with Crippen molar-refractivity contribution in [3.63, 3.8) is 0 Å². The number of nitro benzene ring substituents is 1. The molecule has 3 unspecified atom stereocenters. The molecule has 0 bridgehead atoms. The van der Waals surface area contributed by atoms with E-state index in [1.54, 1.807) is 42.7 Å². The van der Waals surface area contributed by atoms with Gasteiger partial charge in [-0.15, -0.1) is 27.3 Å². The molecule has 0 aromatic heterocycles. The Morgan fingerprint density at radius 3 is 2.33 bits per heavy atom. The number of benzene rings is 3. The lowest BCUT2D eigenvalue weighted by molar-refractivity contribution is -0.385. The number of sulfonamides is 1. The van der Waals surface area contributed by atoms with Crippen LogP contribution >= 0.6 is 23.5 Å². The Labute approximate surface area is 251 Å². The van der Waals surface area contributed by atoms with Crippen LogP contribution in [-0.2, 0) is 19.8 Å². The monoisotopic (exact) mass is 645 g/mol. The van der Waals surface area contributed by atoms with Gasteiger partial charge >= 0.3 is 0 Å². The van der Waals surface area contributed by atoms with Crippen LogP contribution in [0.1, 0.15) is 5.56 Å². The van der Waals surface area contributed by atoms with Crippen LogP contribution in [0.5, 0.6) is 0 Å². The average Bonchev–Trinajstić information content (AvgIpc) is 3.39. The molecule has 3 atom stereocenters. The first-order chi connectivity index (χ1) is 19.7. The molecule has 0 amide bonds. The average molecular weight is 646 g/mol. The second-order valence-corrected chi connectivity index (χ2v) is 15.7. The van der Waals surface area contributed by atoms with E-state index < -0.39 is 45.1 Å². The fourth-order valence-electron chi connectivity index (χ4n) is 4.27. The summed E-state index contributed by atoms with van der Waals surface area (Å²) < 4.78 is 45.8. The molecular formula is C26H27N7O5S4. The third-order valence-corrected chi connectivity index (χ3v) is 13.9. The molecule has 0 saturated carbocycles. The van der Waals surface area contributed by atoms with Crippen molar-refractivity contribution < 1.29 is 17.6 Å². The van der Waals surface area contributed by atoms with E-state index in [1.807, 2.05) is 6.92 Å². The highest BCUT2D eigenvalue weighted by molar-refractivity contribution is 8.20. The molecule has 12 nitrogen and oxygen atoms in total. The van der Waals surface area contributed by atoms with Gasteiger partial charge < -0.3 is 17.2 Å². The number of rotatable bonds is 9. The summed E-state index contributed by atoms with van der Waals surface area (Å²) in [4.78, 5) is 14.7. The van der Waals surface area contributed by atoms with E-state index in [2.05, 4.69) is 8.76 Å². The molecule has 0 fully saturated rings. The Morgan fingerprint density at radius 1 is 1.02 bits per heavy atom. The lowest BCUT2D eigenvalue weighted by atomic mass is 10.0. The van der Waals surface area contributed by atoms with Crippen molar-refractivity contribution in [2.45, 2.75) is 26.5 Å². The second kappa shape index (κ2) is 12.2. The summed E-state index contributed by atoms with van der Waals surface area (Å²) in [5.41, 5.74) is 19.0. The smallest absolute Gasteiger partial charge is 0.290 e. The topological polar surface area (TPSA) is 221 Å².